The van der Waals surface area contributed by atoms with Crippen LogP contribution >= 0.6 is 8.58 Å². The van der Waals surface area contributed by atoms with Crippen molar-refractivity contribution in [1.82, 2.24) is 0 Å². The van der Waals surface area contributed by atoms with Crippen LogP contribution in [0.5, 0.6) is 5.75 Å². The second-order valence-electron chi connectivity index (χ2n) is 5.05. The first-order chi connectivity index (χ1) is 11.3. The van der Waals surface area contributed by atoms with Gasteiger partial charge in [0.1, 0.15) is 12.4 Å². The Hall–Kier alpha value is -1.84. The molecule has 0 N–H and O–H groups in total. The predicted molar refractivity (Wildman–Crippen MR) is 94.5 cm³/mol. The van der Waals surface area contributed by atoms with E-state index in [1.165, 1.54) is 0 Å². The Balaban J connectivity index is 0.00000208. The minimum Gasteiger partial charge on any atom is -0.489 e. The Bertz CT molecular complexity index is 759. The Kier molecular flexibility index (Phi) is 7.28. The minimum absolute atomic E-state index is 0. The van der Waals surface area contributed by atoms with Gasteiger partial charge in [-0.25, -0.2) is 0 Å². The van der Waals surface area contributed by atoms with Gasteiger partial charge in [0.25, 0.3) is 0 Å². The molecule has 0 radical (unpaired) electrons. The molecule has 0 aromatic heterocycles. The number of carbonyl (C=O) groups excluding carboxylic acids is 1. The molecule has 2 nitrogen and oxygen atoms in total. The Morgan fingerprint density at radius 2 is 1.38 bits per heavy atom. The molecule has 0 saturated heterocycles. The van der Waals surface area contributed by atoms with Crippen LogP contribution < -0.4 is 28.9 Å². The summed E-state index contributed by atoms with van der Waals surface area (Å²) < 4.78 is 5.75. The molecule has 0 unspecified atom stereocenters. The van der Waals surface area contributed by atoms with Gasteiger partial charge in [-0.2, -0.15) is 5.30 Å². The molecule has 0 aliphatic carbocycles. The third-order valence-electron chi connectivity index (χ3n) is 3.34. The van der Waals surface area contributed by atoms with E-state index >= 15 is 0 Å². The Morgan fingerprint density at radius 1 is 0.792 bits per heavy atom. The summed E-state index contributed by atoms with van der Waals surface area (Å²) in [5.74, 6) is 0.806. The summed E-state index contributed by atoms with van der Waals surface area (Å²) in [6.45, 7) is 0.543. The molecule has 24 heavy (non-hydrogen) atoms. The van der Waals surface area contributed by atoms with Gasteiger partial charge in [-0.05, 0) is 23.3 Å². The van der Waals surface area contributed by atoms with E-state index in [0.29, 0.717) is 15.2 Å². The van der Waals surface area contributed by atoms with Crippen molar-refractivity contribution in [2.75, 3.05) is 0 Å². The normalized spacial score (nSPS) is 10.3. The quantitative estimate of drug-likeness (QED) is 0.509. The SMILES string of the molecule is O=C([P-]c1ccc(OCc2ccccc2)cc1)c1ccccc1.[Li+]. The third-order valence-corrected chi connectivity index (χ3v) is 4.35. The molecule has 4 heteroatoms. The van der Waals surface area contributed by atoms with Gasteiger partial charge in [0.2, 0.25) is 0 Å². The van der Waals surface area contributed by atoms with Crippen molar-refractivity contribution in [2.45, 2.75) is 6.61 Å². The van der Waals surface area contributed by atoms with E-state index in [-0.39, 0.29) is 24.4 Å². The van der Waals surface area contributed by atoms with Crippen LogP contribution in [0.25, 0.3) is 0 Å². The van der Waals surface area contributed by atoms with Gasteiger partial charge >= 0.3 is 18.9 Å². The smallest absolute Gasteiger partial charge is 0.489 e. The van der Waals surface area contributed by atoms with Crippen LogP contribution in [-0.4, -0.2) is 5.52 Å². The summed E-state index contributed by atoms with van der Waals surface area (Å²) in [6.07, 6.45) is 0. The number of ether oxygens (including phenoxy) is 1. The fourth-order valence-corrected chi connectivity index (χ4v) is 2.93. The van der Waals surface area contributed by atoms with Crippen molar-refractivity contribution in [3.63, 3.8) is 0 Å². The van der Waals surface area contributed by atoms with E-state index in [2.05, 4.69) is 0 Å². The molecule has 0 atom stereocenters. The molecular weight excluding hydrogens is 310 g/mol. The number of hydrogen-bond donors (Lipinski definition) is 0. The van der Waals surface area contributed by atoms with Crippen molar-refractivity contribution in [3.05, 3.63) is 96.1 Å². The average Bonchev–Trinajstić information content (AvgIpc) is 2.63. The van der Waals surface area contributed by atoms with Crippen LogP contribution in [0.15, 0.2) is 84.9 Å². The molecule has 0 fully saturated rings. The van der Waals surface area contributed by atoms with E-state index in [1.807, 2.05) is 84.9 Å². The number of carbonyl (C=O) groups is 1. The zero-order valence-corrected chi connectivity index (χ0v) is 14.4. The molecule has 0 aliphatic heterocycles. The van der Waals surface area contributed by atoms with Crippen LogP contribution in [-0.2, 0) is 6.61 Å². The topological polar surface area (TPSA) is 26.3 Å². The van der Waals surface area contributed by atoms with Crippen LogP contribution in [0.2, 0.25) is 0 Å². The fraction of sp³-hybridized carbons (Fsp3) is 0.0500. The first-order valence-corrected chi connectivity index (χ1v) is 8.28. The van der Waals surface area contributed by atoms with Gasteiger partial charge in [0, 0.05) is 5.52 Å². The van der Waals surface area contributed by atoms with E-state index in [4.69, 9.17) is 4.74 Å². The second-order valence-corrected chi connectivity index (χ2v) is 6.20. The maximum Gasteiger partial charge on any atom is 1.00 e. The third kappa shape index (κ3) is 5.36. The summed E-state index contributed by atoms with van der Waals surface area (Å²) in [4.78, 5) is 12.2. The first kappa shape index (κ1) is 18.5. The largest absolute Gasteiger partial charge is 1.00 e. The Labute approximate surface area is 156 Å². The summed E-state index contributed by atoms with van der Waals surface area (Å²) in [6, 6.07) is 27.1. The summed E-state index contributed by atoms with van der Waals surface area (Å²) in [5.41, 5.74) is 1.97. The fourth-order valence-electron chi connectivity index (χ4n) is 2.12. The van der Waals surface area contributed by atoms with Crippen molar-refractivity contribution in [1.29, 1.82) is 0 Å². The summed E-state index contributed by atoms with van der Waals surface area (Å²) >= 11 is 0. The van der Waals surface area contributed by atoms with Crippen molar-refractivity contribution in [2.24, 2.45) is 0 Å². The van der Waals surface area contributed by atoms with E-state index in [0.717, 1.165) is 22.2 Å². The van der Waals surface area contributed by atoms with E-state index < -0.39 is 0 Å². The van der Waals surface area contributed by atoms with Crippen molar-refractivity contribution >= 4 is 19.4 Å². The monoisotopic (exact) mass is 326 g/mol. The average molecular weight is 326 g/mol. The van der Waals surface area contributed by atoms with Crippen molar-refractivity contribution < 1.29 is 28.4 Å². The molecule has 3 rings (SSSR count). The molecule has 0 spiro atoms. The minimum atomic E-state index is 0. The molecule has 3 aromatic carbocycles. The van der Waals surface area contributed by atoms with Gasteiger partial charge in [0.05, 0.1) is 0 Å². The second kappa shape index (κ2) is 9.45. The molecule has 0 bridgehead atoms. The molecule has 0 amide bonds. The maximum absolute atomic E-state index is 12.2. The van der Waals surface area contributed by atoms with Crippen LogP contribution in [0.3, 0.4) is 0 Å². The van der Waals surface area contributed by atoms with E-state index in [1.54, 1.807) is 0 Å². The summed E-state index contributed by atoms with van der Waals surface area (Å²) in [7, 11) is 0.679. The number of hydrogen-bond acceptors (Lipinski definition) is 2. The van der Waals surface area contributed by atoms with Crippen LogP contribution in [0.1, 0.15) is 15.9 Å². The molecular formula is C20H16LiO2P. The van der Waals surface area contributed by atoms with Gasteiger partial charge in [-0.1, -0.05) is 72.8 Å². The predicted octanol–water partition coefficient (Wildman–Crippen LogP) is 1.68. The molecule has 114 valence electrons. The zero-order valence-electron chi connectivity index (χ0n) is 13.6. The van der Waals surface area contributed by atoms with Crippen LogP contribution in [0.4, 0.5) is 0 Å². The molecule has 0 aliphatic rings. The van der Waals surface area contributed by atoms with Crippen LogP contribution in [0, 0.1) is 0 Å². The van der Waals surface area contributed by atoms with Gasteiger partial charge in [0.15, 0.2) is 0 Å². The standard InChI is InChI=1S/C20H16O2P.Li/c21-20(17-9-5-2-6-10-17)23-19-13-11-18(12-14-19)22-15-16-7-3-1-4-8-16;/h1-14H,15H2;/q-1;+1. The Morgan fingerprint density at radius 3 is 2.00 bits per heavy atom. The summed E-state index contributed by atoms with van der Waals surface area (Å²) in [5, 5.41) is 0.964. The van der Waals surface area contributed by atoms with Gasteiger partial charge < -0.3 is 18.1 Å². The maximum atomic E-state index is 12.2. The molecule has 0 saturated carbocycles. The zero-order chi connectivity index (χ0) is 15.9. The van der Waals surface area contributed by atoms with E-state index in [9.17, 15) is 4.79 Å². The molecule has 0 heterocycles. The van der Waals surface area contributed by atoms with Gasteiger partial charge in [-0.15, -0.1) is 0 Å². The first-order valence-electron chi connectivity index (χ1n) is 7.39. The van der Waals surface area contributed by atoms with Crippen molar-refractivity contribution in [3.8, 4) is 5.75 Å². The number of rotatable bonds is 6. The molecule has 3 aromatic rings. The van der Waals surface area contributed by atoms with Gasteiger partial charge in [-0.3, -0.25) is 0 Å². The number of benzene rings is 3.